The van der Waals surface area contributed by atoms with E-state index in [2.05, 4.69) is 10.3 Å². The van der Waals surface area contributed by atoms with E-state index in [-0.39, 0.29) is 29.7 Å². The number of carbonyl (C=O) groups excluding carboxylic acids is 1. The standard InChI is InChI=1S/C16H21N3O3S2/c1-10(2)17-15(21)7-19-6-14(22-4)13(20)5-12(19)9-24-16-18-11(3)8-23-16/h5-6,8,10H,7,9H2,1-4H3,(H,17,21). The van der Waals surface area contributed by atoms with E-state index >= 15 is 0 Å². The molecule has 1 N–H and O–H groups in total. The van der Waals surface area contributed by atoms with Crippen molar-refractivity contribution in [2.24, 2.45) is 0 Å². The zero-order valence-electron chi connectivity index (χ0n) is 14.2. The molecule has 0 unspecified atom stereocenters. The molecule has 2 aromatic heterocycles. The van der Waals surface area contributed by atoms with E-state index in [0.717, 1.165) is 15.7 Å². The number of hydrogen-bond donors (Lipinski definition) is 1. The van der Waals surface area contributed by atoms with Crippen LogP contribution in [0.4, 0.5) is 0 Å². The van der Waals surface area contributed by atoms with Gasteiger partial charge in [-0.25, -0.2) is 4.98 Å². The van der Waals surface area contributed by atoms with Gasteiger partial charge in [-0.3, -0.25) is 9.59 Å². The van der Waals surface area contributed by atoms with Crippen molar-refractivity contribution < 1.29 is 9.53 Å². The van der Waals surface area contributed by atoms with Crippen LogP contribution in [-0.4, -0.2) is 28.6 Å². The maximum atomic E-state index is 12.1. The van der Waals surface area contributed by atoms with Crippen LogP contribution in [0.1, 0.15) is 25.2 Å². The molecule has 0 saturated carbocycles. The molecule has 0 spiro atoms. The van der Waals surface area contributed by atoms with Gasteiger partial charge in [-0.2, -0.15) is 0 Å². The molecular formula is C16H21N3O3S2. The minimum Gasteiger partial charge on any atom is -0.491 e. The summed E-state index contributed by atoms with van der Waals surface area (Å²) in [6.45, 7) is 5.90. The van der Waals surface area contributed by atoms with E-state index in [9.17, 15) is 9.59 Å². The van der Waals surface area contributed by atoms with Gasteiger partial charge >= 0.3 is 0 Å². The van der Waals surface area contributed by atoms with E-state index in [1.807, 2.05) is 26.2 Å². The predicted octanol–water partition coefficient (Wildman–Crippen LogP) is 2.44. The normalized spacial score (nSPS) is 10.9. The highest BCUT2D eigenvalue weighted by molar-refractivity contribution is 8.00. The first-order chi connectivity index (χ1) is 11.4. The number of aromatic nitrogens is 2. The summed E-state index contributed by atoms with van der Waals surface area (Å²) in [5.41, 5.74) is 1.55. The first kappa shape index (κ1) is 18.5. The van der Waals surface area contributed by atoms with Crippen LogP contribution in [0.2, 0.25) is 0 Å². The molecule has 24 heavy (non-hydrogen) atoms. The third-order valence-electron chi connectivity index (χ3n) is 3.11. The Morgan fingerprint density at radius 1 is 1.50 bits per heavy atom. The van der Waals surface area contributed by atoms with Gasteiger partial charge < -0.3 is 14.6 Å². The van der Waals surface area contributed by atoms with Crippen molar-refractivity contribution >= 4 is 29.0 Å². The van der Waals surface area contributed by atoms with Crippen molar-refractivity contribution in [2.75, 3.05) is 7.11 Å². The number of thioether (sulfide) groups is 1. The van der Waals surface area contributed by atoms with Crippen molar-refractivity contribution in [2.45, 2.75) is 43.5 Å². The summed E-state index contributed by atoms with van der Waals surface area (Å²) < 4.78 is 7.78. The molecule has 0 saturated heterocycles. The highest BCUT2D eigenvalue weighted by Crippen LogP contribution is 2.26. The highest BCUT2D eigenvalue weighted by atomic mass is 32.2. The van der Waals surface area contributed by atoms with Crippen LogP contribution >= 0.6 is 23.1 Å². The lowest BCUT2D eigenvalue weighted by molar-refractivity contribution is -0.122. The molecule has 2 heterocycles. The number of nitrogens with one attached hydrogen (secondary N) is 1. The van der Waals surface area contributed by atoms with Gasteiger partial charge in [0.1, 0.15) is 10.9 Å². The summed E-state index contributed by atoms with van der Waals surface area (Å²) in [6.07, 6.45) is 1.59. The summed E-state index contributed by atoms with van der Waals surface area (Å²) >= 11 is 3.12. The Labute approximate surface area is 149 Å². The number of rotatable bonds is 7. The third kappa shape index (κ3) is 5.10. The van der Waals surface area contributed by atoms with Crippen LogP contribution in [-0.2, 0) is 17.1 Å². The van der Waals surface area contributed by atoms with Crippen molar-refractivity contribution in [3.8, 4) is 5.75 Å². The second-order valence-corrected chi connectivity index (χ2v) is 7.67. The van der Waals surface area contributed by atoms with Crippen LogP contribution < -0.4 is 15.5 Å². The molecule has 0 aliphatic rings. The molecule has 130 valence electrons. The van der Waals surface area contributed by atoms with Crippen molar-refractivity contribution in [3.05, 3.63) is 39.3 Å². The Kier molecular flexibility index (Phi) is 6.44. The fourth-order valence-corrected chi connectivity index (χ4v) is 3.92. The second-order valence-electron chi connectivity index (χ2n) is 5.59. The Balaban J connectivity index is 2.21. The molecule has 0 bridgehead atoms. The Hall–Kier alpha value is -1.80. The lowest BCUT2D eigenvalue weighted by Crippen LogP contribution is -2.34. The zero-order chi connectivity index (χ0) is 17.7. The van der Waals surface area contributed by atoms with Crippen LogP contribution in [0, 0.1) is 6.92 Å². The number of carbonyl (C=O) groups is 1. The van der Waals surface area contributed by atoms with Crippen molar-refractivity contribution in [3.63, 3.8) is 0 Å². The van der Waals surface area contributed by atoms with Gasteiger partial charge in [0.2, 0.25) is 11.3 Å². The van der Waals surface area contributed by atoms with Gasteiger partial charge in [0.25, 0.3) is 0 Å². The summed E-state index contributed by atoms with van der Waals surface area (Å²) in [5.74, 6) is 0.680. The SMILES string of the molecule is COc1cn(CC(=O)NC(C)C)c(CSc2nc(C)cs2)cc1=O. The number of ether oxygens (including phenoxy) is 1. The predicted molar refractivity (Wildman–Crippen MR) is 96.9 cm³/mol. The molecule has 2 rings (SSSR count). The molecule has 2 aromatic rings. The van der Waals surface area contributed by atoms with Gasteiger partial charge in [0.15, 0.2) is 5.75 Å². The summed E-state index contributed by atoms with van der Waals surface area (Å²) in [6, 6.07) is 1.59. The number of pyridine rings is 1. The molecule has 0 aliphatic heterocycles. The van der Waals surface area contributed by atoms with Crippen LogP contribution in [0.25, 0.3) is 0 Å². The number of amides is 1. The van der Waals surface area contributed by atoms with Crippen molar-refractivity contribution in [1.29, 1.82) is 0 Å². The summed E-state index contributed by atoms with van der Waals surface area (Å²) in [5, 5.41) is 4.84. The van der Waals surface area contributed by atoms with E-state index in [1.165, 1.54) is 13.2 Å². The van der Waals surface area contributed by atoms with Crippen LogP contribution in [0.3, 0.4) is 0 Å². The minimum absolute atomic E-state index is 0.0647. The maximum Gasteiger partial charge on any atom is 0.240 e. The number of hydrogen-bond acceptors (Lipinski definition) is 6. The monoisotopic (exact) mass is 367 g/mol. The molecule has 1 amide bonds. The average molecular weight is 367 g/mol. The largest absolute Gasteiger partial charge is 0.491 e. The molecule has 0 aromatic carbocycles. The van der Waals surface area contributed by atoms with Crippen molar-refractivity contribution in [1.82, 2.24) is 14.9 Å². The Morgan fingerprint density at radius 3 is 2.83 bits per heavy atom. The molecule has 0 atom stereocenters. The lowest BCUT2D eigenvalue weighted by atomic mass is 10.3. The van der Waals surface area contributed by atoms with E-state index in [0.29, 0.717) is 5.75 Å². The zero-order valence-corrected chi connectivity index (χ0v) is 15.8. The van der Waals surface area contributed by atoms with E-state index in [4.69, 9.17) is 4.74 Å². The van der Waals surface area contributed by atoms with Gasteiger partial charge in [0.05, 0.1) is 13.3 Å². The smallest absolute Gasteiger partial charge is 0.240 e. The minimum atomic E-state index is -0.191. The number of nitrogens with zero attached hydrogens (tertiary/aromatic N) is 2. The summed E-state index contributed by atoms with van der Waals surface area (Å²) in [4.78, 5) is 28.5. The Morgan fingerprint density at radius 2 is 2.25 bits per heavy atom. The molecule has 0 radical (unpaired) electrons. The number of methoxy groups -OCH3 is 1. The molecule has 0 fully saturated rings. The topological polar surface area (TPSA) is 73.2 Å². The third-order valence-corrected chi connectivity index (χ3v) is 5.28. The molecule has 8 heteroatoms. The quantitative estimate of drug-likeness (QED) is 0.761. The van der Waals surface area contributed by atoms with E-state index in [1.54, 1.807) is 33.9 Å². The number of aryl methyl sites for hydroxylation is 1. The van der Waals surface area contributed by atoms with Gasteiger partial charge in [-0.1, -0.05) is 11.8 Å². The van der Waals surface area contributed by atoms with Crippen LogP contribution in [0.5, 0.6) is 5.75 Å². The Bertz CT molecular complexity index is 768. The molecular weight excluding hydrogens is 346 g/mol. The fourth-order valence-electron chi connectivity index (χ4n) is 2.08. The highest BCUT2D eigenvalue weighted by Gasteiger charge is 2.12. The van der Waals surface area contributed by atoms with E-state index < -0.39 is 0 Å². The lowest BCUT2D eigenvalue weighted by Gasteiger charge is -2.15. The summed E-state index contributed by atoms with van der Waals surface area (Å²) in [7, 11) is 1.45. The van der Waals surface area contributed by atoms with Gasteiger partial charge in [-0.05, 0) is 20.8 Å². The second kappa shape index (κ2) is 8.34. The van der Waals surface area contributed by atoms with Gasteiger partial charge in [-0.15, -0.1) is 11.3 Å². The molecule has 0 aliphatic carbocycles. The fraction of sp³-hybridized carbons (Fsp3) is 0.438. The average Bonchev–Trinajstić information content (AvgIpc) is 2.91. The first-order valence-electron chi connectivity index (χ1n) is 7.50. The number of thiazole rings is 1. The van der Waals surface area contributed by atoms with Gasteiger partial charge in [0, 0.05) is 34.6 Å². The van der Waals surface area contributed by atoms with Crippen LogP contribution in [0.15, 0.2) is 26.8 Å². The first-order valence-corrected chi connectivity index (χ1v) is 9.37. The maximum absolute atomic E-state index is 12.1. The molecule has 6 nitrogen and oxygen atoms in total.